The van der Waals surface area contributed by atoms with Crippen LogP contribution in [-0.4, -0.2) is 64.7 Å². The molecule has 2 aliphatic heterocycles. The van der Waals surface area contributed by atoms with Gasteiger partial charge in [-0.3, -0.25) is 19.6 Å². The van der Waals surface area contributed by atoms with Crippen LogP contribution in [0, 0.1) is 13.8 Å². The van der Waals surface area contributed by atoms with Gasteiger partial charge in [-0.05, 0) is 129 Å². The van der Waals surface area contributed by atoms with E-state index in [1.165, 1.54) is 43.2 Å². The summed E-state index contributed by atoms with van der Waals surface area (Å²) < 4.78 is 21.4. The second-order valence-electron chi connectivity index (χ2n) is 15.0. The van der Waals surface area contributed by atoms with Gasteiger partial charge in [0.15, 0.2) is 0 Å². The lowest BCUT2D eigenvalue weighted by Gasteiger charge is -2.44. The zero-order valence-corrected chi connectivity index (χ0v) is 30.3. The monoisotopic (exact) mass is 688 g/mol. The molecule has 266 valence electrons. The van der Waals surface area contributed by atoms with Crippen LogP contribution in [0.2, 0.25) is 0 Å². The first kappa shape index (κ1) is 35.1. The highest BCUT2D eigenvalue weighted by atomic mass is 19.1. The number of hydrogen-bond acceptors (Lipinski definition) is 6. The van der Waals surface area contributed by atoms with E-state index in [9.17, 15) is 9.90 Å². The second kappa shape index (κ2) is 14.7. The number of piperidine rings is 1. The summed E-state index contributed by atoms with van der Waals surface area (Å²) in [5, 5.41) is 13.2. The van der Waals surface area contributed by atoms with Crippen molar-refractivity contribution < 1.29 is 19.0 Å². The Hall–Kier alpha value is -4.37. The molecule has 4 aromatic rings. The summed E-state index contributed by atoms with van der Waals surface area (Å²) in [7, 11) is 1.60. The number of rotatable bonds is 11. The number of nitrogens with one attached hydrogen (secondary N) is 1. The van der Waals surface area contributed by atoms with E-state index >= 15 is 4.39 Å². The van der Waals surface area contributed by atoms with Gasteiger partial charge < -0.3 is 15.2 Å². The number of hydrogen-bond donors (Lipinski definition) is 2. The normalized spacial score (nSPS) is 18.0. The molecule has 3 aliphatic rings. The SMILES string of the molecule is COc1cc(/C(F)=C/c2cccc(-c3cccc(NC(=O)c4cc(C5CC5)c(CN5CCCCC5)cn4)c3C)c2C)ccc1CN1CC(C)(O)C1. The van der Waals surface area contributed by atoms with E-state index in [1.807, 2.05) is 75.5 Å². The van der Waals surface area contributed by atoms with Crippen molar-refractivity contribution in [2.24, 2.45) is 0 Å². The molecule has 7 rings (SSSR count). The standard InChI is InChI=1S/C43H49FN4O3/c1-28-31(20-38(44)32-16-17-33(41(21-32)51-4)24-48-26-43(3,50)27-48)10-8-11-35(28)36-12-9-13-39(29(36)2)46-42(49)40-22-37(30-14-15-30)34(23-45-40)25-47-18-6-5-7-19-47/h8-13,16-17,20-23,30,50H,5-7,14-15,18-19,24-27H2,1-4H3,(H,46,49)/b38-20-. The summed E-state index contributed by atoms with van der Waals surface area (Å²) in [4.78, 5) is 22.9. The number of carbonyl (C=O) groups excluding carboxylic acids is 1. The highest BCUT2D eigenvalue weighted by Gasteiger charge is 2.36. The molecule has 0 unspecified atom stereocenters. The van der Waals surface area contributed by atoms with Crippen molar-refractivity contribution in [2.45, 2.75) is 77.5 Å². The highest BCUT2D eigenvalue weighted by Crippen LogP contribution is 2.42. The number of aromatic nitrogens is 1. The van der Waals surface area contributed by atoms with E-state index in [2.05, 4.69) is 20.1 Å². The predicted molar refractivity (Wildman–Crippen MR) is 203 cm³/mol. The lowest BCUT2D eigenvalue weighted by molar-refractivity contribution is -0.0873. The van der Waals surface area contributed by atoms with Crippen LogP contribution in [0.15, 0.2) is 66.9 Å². The maximum atomic E-state index is 15.8. The van der Waals surface area contributed by atoms with Crippen molar-refractivity contribution in [2.75, 3.05) is 38.6 Å². The average molecular weight is 689 g/mol. The van der Waals surface area contributed by atoms with Gasteiger partial charge in [0.25, 0.3) is 5.91 Å². The fraction of sp³-hybridized carbons (Fsp3) is 0.395. The van der Waals surface area contributed by atoms with Gasteiger partial charge in [-0.15, -0.1) is 0 Å². The third-order valence-corrected chi connectivity index (χ3v) is 10.7. The van der Waals surface area contributed by atoms with Crippen molar-refractivity contribution in [3.63, 3.8) is 0 Å². The molecule has 0 bridgehead atoms. The van der Waals surface area contributed by atoms with E-state index in [0.29, 0.717) is 42.6 Å². The molecular formula is C43H49FN4O3. The van der Waals surface area contributed by atoms with Gasteiger partial charge in [-0.2, -0.15) is 0 Å². The van der Waals surface area contributed by atoms with Crippen LogP contribution < -0.4 is 10.1 Å². The van der Waals surface area contributed by atoms with Crippen molar-refractivity contribution in [1.82, 2.24) is 14.8 Å². The third-order valence-electron chi connectivity index (χ3n) is 10.7. The van der Waals surface area contributed by atoms with Crippen molar-refractivity contribution in [3.05, 3.63) is 111 Å². The Morgan fingerprint density at radius 1 is 0.961 bits per heavy atom. The summed E-state index contributed by atoms with van der Waals surface area (Å²) in [5.74, 6) is 0.574. The zero-order chi connectivity index (χ0) is 35.7. The van der Waals surface area contributed by atoms with Crippen molar-refractivity contribution in [1.29, 1.82) is 0 Å². The minimum absolute atomic E-state index is 0.213. The van der Waals surface area contributed by atoms with E-state index in [0.717, 1.165) is 58.7 Å². The van der Waals surface area contributed by atoms with Gasteiger partial charge in [-0.25, -0.2) is 4.39 Å². The topological polar surface area (TPSA) is 77.9 Å². The molecule has 3 heterocycles. The Kier molecular flexibility index (Phi) is 10.1. The minimum atomic E-state index is -0.654. The number of likely N-dealkylation sites (tertiary alicyclic amines) is 2. The Morgan fingerprint density at radius 2 is 1.67 bits per heavy atom. The summed E-state index contributed by atoms with van der Waals surface area (Å²) in [6.45, 7) is 10.8. The number of nitrogens with zero attached hydrogens (tertiary/aromatic N) is 3. The van der Waals surface area contributed by atoms with Crippen LogP contribution in [0.3, 0.4) is 0 Å². The predicted octanol–water partition coefficient (Wildman–Crippen LogP) is 8.52. The Balaban J connectivity index is 1.09. The lowest BCUT2D eigenvalue weighted by atomic mass is 9.92. The molecule has 1 saturated carbocycles. The first-order valence-electron chi connectivity index (χ1n) is 18.3. The van der Waals surface area contributed by atoms with Crippen LogP contribution >= 0.6 is 0 Å². The van der Waals surface area contributed by atoms with Crippen LogP contribution in [-0.2, 0) is 13.1 Å². The largest absolute Gasteiger partial charge is 0.496 e. The summed E-state index contributed by atoms with van der Waals surface area (Å²) in [6, 6.07) is 19.2. The molecule has 1 amide bonds. The fourth-order valence-corrected chi connectivity index (χ4v) is 7.75. The van der Waals surface area contributed by atoms with Crippen LogP contribution in [0.25, 0.3) is 23.0 Å². The van der Waals surface area contributed by atoms with Gasteiger partial charge >= 0.3 is 0 Å². The first-order chi connectivity index (χ1) is 24.6. The summed E-state index contributed by atoms with van der Waals surface area (Å²) in [5.41, 5.74) is 9.02. The molecule has 0 spiro atoms. The summed E-state index contributed by atoms with van der Waals surface area (Å²) in [6.07, 6.45) is 9.63. The number of amides is 1. The number of pyridine rings is 1. The third kappa shape index (κ3) is 7.93. The smallest absolute Gasteiger partial charge is 0.274 e. The molecule has 8 heteroatoms. The van der Waals surface area contributed by atoms with E-state index in [1.54, 1.807) is 25.3 Å². The van der Waals surface area contributed by atoms with Gasteiger partial charge in [0.05, 0.1) is 12.7 Å². The van der Waals surface area contributed by atoms with E-state index in [4.69, 9.17) is 4.74 Å². The Morgan fingerprint density at radius 3 is 2.37 bits per heavy atom. The van der Waals surface area contributed by atoms with Gasteiger partial charge in [-0.1, -0.05) is 48.9 Å². The molecule has 7 nitrogen and oxygen atoms in total. The fourth-order valence-electron chi connectivity index (χ4n) is 7.75. The van der Waals surface area contributed by atoms with Crippen molar-refractivity contribution in [3.8, 4) is 16.9 Å². The number of benzene rings is 3. The minimum Gasteiger partial charge on any atom is -0.496 e. The number of anilines is 1. The molecule has 1 aliphatic carbocycles. The average Bonchev–Trinajstić information content (AvgIpc) is 3.96. The highest BCUT2D eigenvalue weighted by molar-refractivity contribution is 6.04. The van der Waals surface area contributed by atoms with Gasteiger partial charge in [0.2, 0.25) is 0 Å². The van der Waals surface area contributed by atoms with Crippen LogP contribution in [0.4, 0.5) is 10.1 Å². The van der Waals surface area contributed by atoms with Crippen molar-refractivity contribution >= 4 is 23.5 Å². The molecule has 2 N–H and O–H groups in total. The first-order valence-corrected chi connectivity index (χ1v) is 18.3. The number of methoxy groups -OCH3 is 1. The molecule has 0 atom stereocenters. The number of β-amino-alcohol motifs (C(OH)–C–C–N with tert-alkyl or cyclic N) is 1. The second-order valence-corrected chi connectivity index (χ2v) is 15.0. The van der Waals surface area contributed by atoms with E-state index in [-0.39, 0.29) is 11.7 Å². The number of carbonyl (C=O) groups is 1. The Bertz CT molecular complexity index is 1950. The number of ether oxygens (including phenoxy) is 1. The zero-order valence-electron chi connectivity index (χ0n) is 30.3. The molecule has 2 saturated heterocycles. The van der Waals surface area contributed by atoms with Crippen LogP contribution in [0.5, 0.6) is 5.75 Å². The molecule has 3 fully saturated rings. The Labute approximate surface area is 301 Å². The molecule has 0 radical (unpaired) electrons. The lowest BCUT2D eigenvalue weighted by Crippen LogP contribution is -2.59. The molecule has 1 aromatic heterocycles. The van der Waals surface area contributed by atoms with E-state index < -0.39 is 5.60 Å². The molecule has 51 heavy (non-hydrogen) atoms. The summed E-state index contributed by atoms with van der Waals surface area (Å²) >= 11 is 0. The number of halogens is 1. The van der Waals surface area contributed by atoms with Gasteiger partial charge in [0.1, 0.15) is 17.3 Å². The van der Waals surface area contributed by atoms with Crippen LogP contribution in [0.1, 0.15) is 94.4 Å². The quantitative estimate of drug-likeness (QED) is 0.154. The maximum Gasteiger partial charge on any atom is 0.274 e. The maximum absolute atomic E-state index is 15.8. The molecular weight excluding hydrogens is 639 g/mol. The number of aliphatic hydroxyl groups is 1. The van der Waals surface area contributed by atoms with Gasteiger partial charge in [0, 0.05) is 49.2 Å². The molecule has 3 aromatic carbocycles.